The SMILES string of the molecule is COc1ccc2c(c1)CCC(NCC1CCCCC1)C2Cc1ccc(N(C)C)cc1. The highest BCUT2D eigenvalue weighted by Gasteiger charge is 2.30. The first kappa shape index (κ1) is 21.2. The molecule has 30 heavy (non-hydrogen) atoms. The van der Waals surface area contributed by atoms with Gasteiger partial charge in [0.15, 0.2) is 0 Å². The van der Waals surface area contributed by atoms with Gasteiger partial charge in [-0.2, -0.15) is 0 Å². The number of nitrogens with zero attached hydrogens (tertiary/aromatic N) is 1. The average molecular weight is 407 g/mol. The lowest BCUT2D eigenvalue weighted by Crippen LogP contribution is -2.41. The minimum absolute atomic E-state index is 0.522. The van der Waals surface area contributed by atoms with E-state index in [4.69, 9.17) is 4.74 Å². The molecule has 1 fully saturated rings. The van der Waals surface area contributed by atoms with E-state index >= 15 is 0 Å². The minimum atomic E-state index is 0.522. The summed E-state index contributed by atoms with van der Waals surface area (Å²) in [5, 5.41) is 4.02. The van der Waals surface area contributed by atoms with Crippen molar-refractivity contribution in [3.63, 3.8) is 0 Å². The number of fused-ring (bicyclic) bond motifs is 1. The number of hydrogen-bond donors (Lipinski definition) is 1. The van der Waals surface area contributed by atoms with Gasteiger partial charge in [-0.05, 0) is 85.5 Å². The van der Waals surface area contributed by atoms with Crippen LogP contribution < -0.4 is 15.0 Å². The summed E-state index contributed by atoms with van der Waals surface area (Å²) in [6.07, 6.45) is 10.5. The minimum Gasteiger partial charge on any atom is -0.497 e. The zero-order valence-electron chi connectivity index (χ0n) is 19.0. The molecular weight excluding hydrogens is 368 g/mol. The van der Waals surface area contributed by atoms with Gasteiger partial charge in [-0.1, -0.05) is 37.5 Å². The van der Waals surface area contributed by atoms with Gasteiger partial charge in [0.05, 0.1) is 7.11 Å². The van der Waals surface area contributed by atoms with E-state index in [0.29, 0.717) is 12.0 Å². The largest absolute Gasteiger partial charge is 0.497 e. The summed E-state index contributed by atoms with van der Waals surface area (Å²) < 4.78 is 5.50. The summed E-state index contributed by atoms with van der Waals surface area (Å²) in [5.74, 6) is 2.38. The van der Waals surface area contributed by atoms with Crippen LogP contribution in [0.1, 0.15) is 61.1 Å². The van der Waals surface area contributed by atoms with Gasteiger partial charge >= 0.3 is 0 Å². The Kier molecular flexibility index (Phi) is 6.99. The van der Waals surface area contributed by atoms with E-state index in [9.17, 15) is 0 Å². The van der Waals surface area contributed by atoms with E-state index in [2.05, 4.69) is 66.8 Å². The summed E-state index contributed by atoms with van der Waals surface area (Å²) in [5.41, 5.74) is 5.68. The monoisotopic (exact) mass is 406 g/mol. The highest BCUT2D eigenvalue weighted by molar-refractivity contribution is 5.47. The summed E-state index contributed by atoms with van der Waals surface area (Å²) in [6.45, 7) is 1.19. The fourth-order valence-electron chi connectivity index (χ4n) is 5.41. The Morgan fingerprint density at radius 2 is 1.73 bits per heavy atom. The number of rotatable bonds is 7. The summed E-state index contributed by atoms with van der Waals surface area (Å²) in [7, 11) is 5.97. The van der Waals surface area contributed by atoms with Crippen LogP contribution in [0.15, 0.2) is 42.5 Å². The van der Waals surface area contributed by atoms with Gasteiger partial charge < -0.3 is 15.0 Å². The molecule has 1 N–H and O–H groups in total. The zero-order chi connectivity index (χ0) is 20.9. The Balaban J connectivity index is 1.53. The molecule has 0 amide bonds. The van der Waals surface area contributed by atoms with Crippen molar-refractivity contribution in [3.05, 3.63) is 59.2 Å². The van der Waals surface area contributed by atoms with Gasteiger partial charge in [-0.3, -0.25) is 0 Å². The van der Waals surface area contributed by atoms with Crippen molar-refractivity contribution in [1.82, 2.24) is 5.32 Å². The summed E-state index contributed by atoms with van der Waals surface area (Å²) >= 11 is 0. The zero-order valence-corrected chi connectivity index (χ0v) is 19.0. The first-order valence-corrected chi connectivity index (χ1v) is 11.8. The lowest BCUT2D eigenvalue weighted by atomic mass is 9.76. The van der Waals surface area contributed by atoms with Gasteiger partial charge in [0, 0.05) is 31.7 Å². The van der Waals surface area contributed by atoms with Crippen molar-refractivity contribution in [2.45, 2.75) is 63.3 Å². The molecule has 0 aliphatic heterocycles. The van der Waals surface area contributed by atoms with Crippen molar-refractivity contribution in [3.8, 4) is 5.75 Å². The van der Waals surface area contributed by atoms with E-state index in [1.165, 1.54) is 67.4 Å². The number of aryl methyl sites for hydroxylation is 1. The molecule has 2 aromatic rings. The maximum Gasteiger partial charge on any atom is 0.119 e. The van der Waals surface area contributed by atoms with E-state index < -0.39 is 0 Å². The first-order valence-electron chi connectivity index (χ1n) is 11.8. The van der Waals surface area contributed by atoms with Crippen molar-refractivity contribution < 1.29 is 4.74 Å². The predicted molar refractivity (Wildman–Crippen MR) is 127 cm³/mol. The van der Waals surface area contributed by atoms with Crippen molar-refractivity contribution >= 4 is 5.69 Å². The Morgan fingerprint density at radius 3 is 2.43 bits per heavy atom. The second kappa shape index (κ2) is 9.87. The van der Waals surface area contributed by atoms with Crippen LogP contribution in [0.25, 0.3) is 0 Å². The fourth-order valence-corrected chi connectivity index (χ4v) is 5.41. The van der Waals surface area contributed by atoms with Crippen LogP contribution in [0, 0.1) is 5.92 Å². The standard InChI is InChI=1S/C27H38N2O/c1-29(2)23-12-9-20(10-13-23)17-26-25-15-14-24(30-3)18-22(25)11-16-27(26)28-19-21-7-5-4-6-8-21/h9-10,12-15,18,21,26-28H,4-8,11,16-17,19H2,1-3H3. The van der Waals surface area contributed by atoms with Gasteiger partial charge in [-0.15, -0.1) is 0 Å². The molecule has 0 saturated heterocycles. The Morgan fingerprint density at radius 1 is 0.967 bits per heavy atom. The number of hydrogen-bond acceptors (Lipinski definition) is 3. The number of anilines is 1. The lowest BCUT2D eigenvalue weighted by molar-refractivity contribution is 0.301. The number of nitrogens with one attached hydrogen (secondary N) is 1. The smallest absolute Gasteiger partial charge is 0.119 e. The topological polar surface area (TPSA) is 24.5 Å². The Bertz CT molecular complexity index is 808. The van der Waals surface area contributed by atoms with Crippen molar-refractivity contribution in [2.24, 2.45) is 5.92 Å². The third-order valence-corrected chi connectivity index (χ3v) is 7.26. The second-order valence-corrected chi connectivity index (χ2v) is 9.49. The highest BCUT2D eigenvalue weighted by Crippen LogP contribution is 2.37. The average Bonchev–Trinajstić information content (AvgIpc) is 2.79. The molecule has 2 unspecified atom stereocenters. The molecule has 0 radical (unpaired) electrons. The summed E-state index contributed by atoms with van der Waals surface area (Å²) in [4.78, 5) is 2.17. The molecule has 4 rings (SSSR count). The third kappa shape index (κ3) is 5.00. The van der Waals surface area contributed by atoms with E-state index in [0.717, 1.165) is 24.5 Å². The molecule has 0 aromatic heterocycles. The quantitative estimate of drug-likeness (QED) is 0.650. The van der Waals surface area contributed by atoms with Crippen LogP contribution in [-0.2, 0) is 12.8 Å². The van der Waals surface area contributed by atoms with Gasteiger partial charge in [-0.25, -0.2) is 0 Å². The van der Waals surface area contributed by atoms with Crippen LogP contribution in [-0.4, -0.2) is 33.8 Å². The van der Waals surface area contributed by atoms with Crippen molar-refractivity contribution in [1.29, 1.82) is 0 Å². The predicted octanol–water partition coefficient (Wildman–Crippen LogP) is 5.57. The fraction of sp³-hybridized carbons (Fsp3) is 0.556. The van der Waals surface area contributed by atoms with Gasteiger partial charge in [0.1, 0.15) is 5.75 Å². The lowest BCUT2D eigenvalue weighted by Gasteiger charge is -2.36. The second-order valence-electron chi connectivity index (χ2n) is 9.49. The molecule has 162 valence electrons. The molecule has 3 nitrogen and oxygen atoms in total. The first-order chi connectivity index (χ1) is 14.6. The van der Waals surface area contributed by atoms with Crippen LogP contribution in [0.4, 0.5) is 5.69 Å². The number of ether oxygens (including phenoxy) is 1. The normalized spacial score (nSPS) is 21.8. The molecule has 0 bridgehead atoms. The van der Waals surface area contributed by atoms with E-state index in [-0.39, 0.29) is 0 Å². The molecular formula is C27H38N2O. The van der Waals surface area contributed by atoms with Gasteiger partial charge in [0.25, 0.3) is 0 Å². The molecule has 2 aromatic carbocycles. The highest BCUT2D eigenvalue weighted by atomic mass is 16.5. The van der Waals surface area contributed by atoms with Crippen LogP contribution in [0.2, 0.25) is 0 Å². The van der Waals surface area contributed by atoms with Crippen LogP contribution in [0.3, 0.4) is 0 Å². The molecule has 2 atom stereocenters. The van der Waals surface area contributed by atoms with E-state index in [1.807, 2.05) is 0 Å². The number of methoxy groups -OCH3 is 1. The number of benzene rings is 2. The Hall–Kier alpha value is -2.00. The third-order valence-electron chi connectivity index (χ3n) is 7.26. The molecule has 2 aliphatic carbocycles. The Labute approximate surface area is 182 Å². The van der Waals surface area contributed by atoms with Crippen molar-refractivity contribution in [2.75, 3.05) is 32.6 Å². The maximum absolute atomic E-state index is 5.50. The summed E-state index contributed by atoms with van der Waals surface area (Å²) in [6, 6.07) is 16.4. The van der Waals surface area contributed by atoms with E-state index in [1.54, 1.807) is 7.11 Å². The molecule has 0 heterocycles. The maximum atomic E-state index is 5.50. The molecule has 2 aliphatic rings. The van der Waals surface area contributed by atoms with Gasteiger partial charge in [0.2, 0.25) is 0 Å². The molecule has 1 saturated carbocycles. The van der Waals surface area contributed by atoms with Crippen LogP contribution >= 0.6 is 0 Å². The molecule has 3 heteroatoms. The molecule has 0 spiro atoms. The van der Waals surface area contributed by atoms with Crippen LogP contribution in [0.5, 0.6) is 5.75 Å².